The molecule has 3 N–H and O–H groups in total. The van der Waals surface area contributed by atoms with Crippen molar-refractivity contribution in [1.29, 1.82) is 0 Å². The minimum absolute atomic E-state index is 0.0434. The van der Waals surface area contributed by atoms with Crippen LogP contribution in [0.3, 0.4) is 0 Å². The Labute approximate surface area is 166 Å². The standard InChI is InChI=1S/C22H28ClNO3/c1-3-26-18-7-4-15(5-8-18)10-17-11-16(6-9-19(17)23)21-12-20(25)14(2)22(13-24)27-21/h4-9,11,14,20-22,25H,3,10,12-13,24H2,1-2H3. The Morgan fingerprint density at radius 3 is 2.63 bits per heavy atom. The van der Waals surface area contributed by atoms with Gasteiger partial charge >= 0.3 is 0 Å². The average molecular weight is 390 g/mol. The van der Waals surface area contributed by atoms with Crippen molar-refractivity contribution < 1.29 is 14.6 Å². The van der Waals surface area contributed by atoms with Gasteiger partial charge in [-0.15, -0.1) is 0 Å². The fourth-order valence-electron chi connectivity index (χ4n) is 3.58. The summed E-state index contributed by atoms with van der Waals surface area (Å²) in [7, 11) is 0. The molecule has 4 unspecified atom stereocenters. The summed E-state index contributed by atoms with van der Waals surface area (Å²) in [6.07, 6.45) is 0.583. The third-order valence-corrected chi connectivity index (χ3v) is 5.66. The molecule has 1 aliphatic heterocycles. The van der Waals surface area contributed by atoms with Gasteiger partial charge in [0.05, 0.1) is 24.9 Å². The van der Waals surface area contributed by atoms with E-state index < -0.39 is 6.10 Å². The topological polar surface area (TPSA) is 64.7 Å². The van der Waals surface area contributed by atoms with Crippen molar-refractivity contribution in [3.63, 3.8) is 0 Å². The van der Waals surface area contributed by atoms with Crippen LogP contribution in [0.2, 0.25) is 5.02 Å². The maximum absolute atomic E-state index is 10.4. The molecule has 0 saturated carbocycles. The first-order chi connectivity index (χ1) is 13.0. The first-order valence-electron chi connectivity index (χ1n) is 9.55. The number of hydrogen-bond acceptors (Lipinski definition) is 4. The Hall–Kier alpha value is -1.59. The van der Waals surface area contributed by atoms with E-state index in [-0.39, 0.29) is 18.1 Å². The first kappa shape index (κ1) is 20.2. The normalized spacial score (nSPS) is 25.4. The quantitative estimate of drug-likeness (QED) is 0.780. The number of aliphatic hydroxyl groups excluding tert-OH is 1. The van der Waals surface area contributed by atoms with E-state index >= 15 is 0 Å². The second kappa shape index (κ2) is 9.07. The first-order valence-corrected chi connectivity index (χ1v) is 9.93. The van der Waals surface area contributed by atoms with E-state index in [2.05, 4.69) is 18.2 Å². The molecule has 27 heavy (non-hydrogen) atoms. The molecule has 0 bridgehead atoms. The summed E-state index contributed by atoms with van der Waals surface area (Å²) in [6.45, 7) is 5.02. The molecule has 1 aliphatic rings. The molecule has 2 aromatic carbocycles. The minimum atomic E-state index is -0.414. The molecule has 146 valence electrons. The highest BCUT2D eigenvalue weighted by Gasteiger charge is 2.34. The van der Waals surface area contributed by atoms with Crippen LogP contribution >= 0.6 is 11.6 Å². The number of hydrogen-bond donors (Lipinski definition) is 2. The summed E-state index contributed by atoms with van der Waals surface area (Å²) in [4.78, 5) is 0. The lowest BCUT2D eigenvalue weighted by atomic mass is 9.87. The second-order valence-corrected chi connectivity index (χ2v) is 7.57. The van der Waals surface area contributed by atoms with Crippen LogP contribution < -0.4 is 10.5 Å². The Morgan fingerprint density at radius 1 is 1.22 bits per heavy atom. The van der Waals surface area contributed by atoms with E-state index in [1.807, 2.05) is 38.1 Å². The van der Waals surface area contributed by atoms with Crippen molar-refractivity contribution in [2.45, 2.75) is 45.0 Å². The van der Waals surface area contributed by atoms with Crippen LogP contribution in [-0.4, -0.2) is 30.5 Å². The van der Waals surface area contributed by atoms with Crippen LogP contribution in [-0.2, 0) is 11.2 Å². The number of aliphatic hydroxyl groups is 1. The lowest BCUT2D eigenvalue weighted by molar-refractivity contribution is -0.128. The van der Waals surface area contributed by atoms with Crippen molar-refractivity contribution in [2.75, 3.05) is 13.2 Å². The average Bonchev–Trinajstić information content (AvgIpc) is 2.67. The van der Waals surface area contributed by atoms with Gasteiger partial charge in [-0.1, -0.05) is 42.8 Å². The summed E-state index contributed by atoms with van der Waals surface area (Å²) < 4.78 is 11.6. The Balaban J connectivity index is 1.78. The summed E-state index contributed by atoms with van der Waals surface area (Å²) in [5, 5.41) is 11.1. The van der Waals surface area contributed by atoms with Crippen molar-refractivity contribution in [2.24, 2.45) is 11.7 Å². The van der Waals surface area contributed by atoms with E-state index in [9.17, 15) is 5.11 Å². The van der Waals surface area contributed by atoms with Gasteiger partial charge in [-0.05, 0) is 48.2 Å². The molecule has 1 heterocycles. The molecule has 2 aromatic rings. The fraction of sp³-hybridized carbons (Fsp3) is 0.455. The van der Waals surface area contributed by atoms with Gasteiger partial charge in [0.25, 0.3) is 0 Å². The van der Waals surface area contributed by atoms with E-state index in [0.717, 1.165) is 33.9 Å². The molecule has 0 aliphatic carbocycles. The predicted octanol–water partition coefficient (Wildman–Crippen LogP) is 4.12. The highest BCUT2D eigenvalue weighted by molar-refractivity contribution is 6.31. The van der Waals surface area contributed by atoms with Gasteiger partial charge in [0.1, 0.15) is 5.75 Å². The molecule has 0 amide bonds. The van der Waals surface area contributed by atoms with Crippen LogP contribution in [0.1, 0.15) is 43.1 Å². The maximum atomic E-state index is 10.4. The van der Waals surface area contributed by atoms with Crippen LogP contribution in [0.5, 0.6) is 5.75 Å². The highest BCUT2D eigenvalue weighted by Crippen LogP contribution is 2.36. The smallest absolute Gasteiger partial charge is 0.119 e. The molecule has 4 atom stereocenters. The van der Waals surface area contributed by atoms with Gasteiger partial charge in [-0.2, -0.15) is 0 Å². The van der Waals surface area contributed by atoms with Crippen molar-refractivity contribution >= 4 is 11.6 Å². The number of nitrogens with two attached hydrogens (primary N) is 1. The summed E-state index contributed by atoms with van der Waals surface area (Å²) >= 11 is 6.44. The molecular weight excluding hydrogens is 362 g/mol. The Bertz CT molecular complexity index is 750. The van der Waals surface area contributed by atoms with E-state index in [4.69, 9.17) is 26.8 Å². The van der Waals surface area contributed by atoms with Gasteiger partial charge in [0, 0.05) is 23.9 Å². The maximum Gasteiger partial charge on any atom is 0.119 e. The summed E-state index contributed by atoms with van der Waals surface area (Å²) in [6, 6.07) is 14.0. The van der Waals surface area contributed by atoms with Crippen LogP contribution in [0.15, 0.2) is 42.5 Å². The Kier molecular flexibility index (Phi) is 6.77. The van der Waals surface area contributed by atoms with E-state index in [0.29, 0.717) is 19.6 Å². The predicted molar refractivity (Wildman–Crippen MR) is 108 cm³/mol. The van der Waals surface area contributed by atoms with Gasteiger partial charge in [0.15, 0.2) is 0 Å². The monoisotopic (exact) mass is 389 g/mol. The number of benzene rings is 2. The Morgan fingerprint density at radius 2 is 1.96 bits per heavy atom. The largest absolute Gasteiger partial charge is 0.494 e. The summed E-state index contributed by atoms with van der Waals surface area (Å²) in [5.41, 5.74) is 9.05. The van der Waals surface area contributed by atoms with Gasteiger partial charge in [0.2, 0.25) is 0 Å². The molecule has 0 radical (unpaired) electrons. The van der Waals surface area contributed by atoms with Gasteiger partial charge in [-0.25, -0.2) is 0 Å². The highest BCUT2D eigenvalue weighted by atomic mass is 35.5. The summed E-state index contributed by atoms with van der Waals surface area (Å²) in [5.74, 6) is 0.912. The zero-order chi connectivity index (χ0) is 19.4. The molecule has 0 spiro atoms. The van der Waals surface area contributed by atoms with Crippen LogP contribution in [0.4, 0.5) is 0 Å². The molecule has 0 aromatic heterocycles. The lowest BCUT2D eigenvalue weighted by Gasteiger charge is -2.38. The van der Waals surface area contributed by atoms with Gasteiger partial charge in [-0.3, -0.25) is 0 Å². The zero-order valence-corrected chi connectivity index (χ0v) is 16.7. The molecular formula is C22H28ClNO3. The number of halogens is 1. The van der Waals surface area contributed by atoms with Crippen molar-refractivity contribution in [3.8, 4) is 5.75 Å². The molecule has 3 rings (SSSR count). The minimum Gasteiger partial charge on any atom is -0.494 e. The molecule has 4 nitrogen and oxygen atoms in total. The third-order valence-electron chi connectivity index (χ3n) is 5.29. The number of rotatable bonds is 6. The number of ether oxygens (including phenoxy) is 2. The molecule has 1 fully saturated rings. The molecule has 1 saturated heterocycles. The fourth-order valence-corrected chi connectivity index (χ4v) is 3.76. The molecule has 5 heteroatoms. The lowest BCUT2D eigenvalue weighted by Crippen LogP contribution is -2.43. The van der Waals surface area contributed by atoms with Crippen molar-refractivity contribution in [1.82, 2.24) is 0 Å². The third kappa shape index (κ3) is 4.82. The second-order valence-electron chi connectivity index (χ2n) is 7.17. The van der Waals surface area contributed by atoms with Crippen molar-refractivity contribution in [3.05, 3.63) is 64.2 Å². The SMILES string of the molecule is CCOc1ccc(Cc2cc(C3CC(O)C(C)C(CN)O3)ccc2Cl)cc1. The van der Waals surface area contributed by atoms with E-state index in [1.165, 1.54) is 0 Å². The van der Waals surface area contributed by atoms with Crippen LogP contribution in [0, 0.1) is 5.92 Å². The van der Waals surface area contributed by atoms with Gasteiger partial charge < -0.3 is 20.3 Å². The van der Waals surface area contributed by atoms with E-state index in [1.54, 1.807) is 0 Å². The zero-order valence-electron chi connectivity index (χ0n) is 15.9. The van der Waals surface area contributed by atoms with Crippen LogP contribution in [0.25, 0.3) is 0 Å².